The SMILES string of the molecule is FC(F)(F)OC1OC=CO1. The van der Waals surface area contributed by atoms with Crippen molar-refractivity contribution in [2.75, 3.05) is 0 Å². The van der Waals surface area contributed by atoms with Crippen molar-refractivity contribution in [2.45, 2.75) is 12.8 Å². The summed E-state index contributed by atoms with van der Waals surface area (Å²) in [7, 11) is 0. The molecule has 0 saturated carbocycles. The third kappa shape index (κ3) is 2.14. The third-order valence-electron chi connectivity index (χ3n) is 0.665. The van der Waals surface area contributed by atoms with Gasteiger partial charge in [-0.05, 0) is 0 Å². The maximum Gasteiger partial charge on any atom is 0.528 e. The van der Waals surface area contributed by atoms with Gasteiger partial charge in [0.15, 0.2) is 0 Å². The van der Waals surface area contributed by atoms with E-state index in [1.807, 2.05) is 0 Å². The highest BCUT2D eigenvalue weighted by molar-refractivity contribution is 4.66. The monoisotopic (exact) mass is 156 g/mol. The van der Waals surface area contributed by atoms with Crippen LogP contribution in [0.15, 0.2) is 12.5 Å². The fourth-order valence-corrected chi connectivity index (χ4v) is 0.389. The first-order chi connectivity index (χ1) is 4.58. The minimum Gasteiger partial charge on any atom is -0.437 e. The van der Waals surface area contributed by atoms with Crippen LogP contribution in [0.3, 0.4) is 0 Å². The first-order valence-corrected chi connectivity index (χ1v) is 2.28. The second-order valence-corrected chi connectivity index (χ2v) is 1.40. The van der Waals surface area contributed by atoms with Crippen LogP contribution >= 0.6 is 0 Å². The Hall–Kier alpha value is -0.910. The Morgan fingerprint density at radius 3 is 2.10 bits per heavy atom. The molecular weight excluding hydrogens is 153 g/mol. The van der Waals surface area contributed by atoms with Crippen molar-refractivity contribution in [3.63, 3.8) is 0 Å². The van der Waals surface area contributed by atoms with Crippen molar-refractivity contribution < 1.29 is 27.4 Å². The lowest BCUT2D eigenvalue weighted by Crippen LogP contribution is -2.23. The zero-order valence-electron chi connectivity index (χ0n) is 4.59. The molecule has 1 aliphatic rings. The van der Waals surface area contributed by atoms with Crippen molar-refractivity contribution in [2.24, 2.45) is 0 Å². The van der Waals surface area contributed by atoms with Crippen LogP contribution in [-0.4, -0.2) is 12.8 Å². The van der Waals surface area contributed by atoms with Gasteiger partial charge in [-0.1, -0.05) is 0 Å². The summed E-state index contributed by atoms with van der Waals surface area (Å²) in [6.45, 7) is -1.68. The Labute approximate surface area is 54.0 Å². The standard InChI is InChI=1S/C4H3F3O3/c5-4(6,7)10-3-8-1-2-9-3/h1-3H. The van der Waals surface area contributed by atoms with Gasteiger partial charge in [0.2, 0.25) is 0 Å². The van der Waals surface area contributed by atoms with Crippen LogP contribution in [0, 0.1) is 0 Å². The van der Waals surface area contributed by atoms with E-state index in [1.54, 1.807) is 0 Å². The van der Waals surface area contributed by atoms with Crippen LogP contribution in [0.2, 0.25) is 0 Å². The summed E-state index contributed by atoms with van der Waals surface area (Å²) in [5.74, 6) is 0. The second-order valence-electron chi connectivity index (χ2n) is 1.40. The predicted octanol–water partition coefficient (Wildman–Crippen LogP) is 1.32. The summed E-state index contributed by atoms with van der Waals surface area (Å²) in [6.07, 6.45) is -2.79. The molecule has 0 radical (unpaired) electrons. The molecule has 3 nitrogen and oxygen atoms in total. The third-order valence-corrected chi connectivity index (χ3v) is 0.665. The molecule has 0 N–H and O–H groups in total. The average molecular weight is 156 g/mol. The Balaban J connectivity index is 2.26. The molecule has 0 saturated heterocycles. The minimum atomic E-state index is -4.73. The lowest BCUT2D eigenvalue weighted by molar-refractivity contribution is -0.407. The maximum absolute atomic E-state index is 11.3. The second kappa shape index (κ2) is 2.37. The van der Waals surface area contributed by atoms with E-state index in [9.17, 15) is 13.2 Å². The molecule has 0 amide bonds. The highest BCUT2D eigenvalue weighted by Gasteiger charge is 2.36. The molecule has 58 valence electrons. The van der Waals surface area contributed by atoms with Gasteiger partial charge in [-0.3, -0.25) is 0 Å². The van der Waals surface area contributed by atoms with Gasteiger partial charge in [0, 0.05) is 0 Å². The van der Waals surface area contributed by atoms with Gasteiger partial charge in [-0.2, -0.15) is 0 Å². The van der Waals surface area contributed by atoms with E-state index < -0.39 is 12.8 Å². The van der Waals surface area contributed by atoms with Gasteiger partial charge < -0.3 is 9.47 Å². The topological polar surface area (TPSA) is 27.7 Å². The molecule has 0 bridgehead atoms. The zero-order chi connectivity index (χ0) is 7.61. The van der Waals surface area contributed by atoms with Gasteiger partial charge in [-0.25, -0.2) is 4.74 Å². The Morgan fingerprint density at radius 2 is 1.70 bits per heavy atom. The van der Waals surface area contributed by atoms with E-state index in [4.69, 9.17) is 0 Å². The van der Waals surface area contributed by atoms with E-state index in [-0.39, 0.29) is 0 Å². The van der Waals surface area contributed by atoms with Crippen LogP contribution < -0.4 is 0 Å². The van der Waals surface area contributed by atoms with E-state index in [2.05, 4.69) is 14.2 Å². The van der Waals surface area contributed by atoms with Crippen LogP contribution in [0.25, 0.3) is 0 Å². The first-order valence-electron chi connectivity index (χ1n) is 2.28. The van der Waals surface area contributed by atoms with Crippen molar-refractivity contribution in [1.29, 1.82) is 0 Å². The number of alkyl halides is 3. The molecule has 0 fully saturated rings. The number of hydrogen-bond acceptors (Lipinski definition) is 3. The van der Waals surface area contributed by atoms with Crippen molar-refractivity contribution in [3.8, 4) is 0 Å². The molecule has 1 rings (SSSR count). The van der Waals surface area contributed by atoms with Crippen molar-refractivity contribution in [1.82, 2.24) is 0 Å². The molecular formula is C4H3F3O3. The summed E-state index contributed by atoms with van der Waals surface area (Å²) < 4.78 is 45.6. The average Bonchev–Trinajstić information content (AvgIpc) is 2.12. The molecule has 0 atom stereocenters. The van der Waals surface area contributed by atoms with E-state index in [1.165, 1.54) is 0 Å². The highest BCUT2D eigenvalue weighted by Crippen LogP contribution is 2.21. The van der Waals surface area contributed by atoms with Crippen LogP contribution in [0.4, 0.5) is 13.2 Å². The smallest absolute Gasteiger partial charge is 0.437 e. The lowest BCUT2D eigenvalue weighted by atomic mass is 11.1. The maximum atomic E-state index is 11.3. The molecule has 1 heterocycles. The van der Waals surface area contributed by atoms with Crippen LogP contribution in [0.1, 0.15) is 0 Å². The molecule has 0 spiro atoms. The fraction of sp³-hybridized carbons (Fsp3) is 0.500. The van der Waals surface area contributed by atoms with Gasteiger partial charge in [0.1, 0.15) is 12.5 Å². The van der Waals surface area contributed by atoms with Gasteiger partial charge >= 0.3 is 12.8 Å². The summed E-state index contributed by atoms with van der Waals surface area (Å²) in [4.78, 5) is 0. The van der Waals surface area contributed by atoms with E-state index >= 15 is 0 Å². The Kier molecular flexibility index (Phi) is 1.71. The molecule has 0 aromatic carbocycles. The molecule has 0 aromatic heterocycles. The summed E-state index contributed by atoms with van der Waals surface area (Å²) in [5, 5.41) is 0. The van der Waals surface area contributed by atoms with Crippen LogP contribution in [-0.2, 0) is 14.2 Å². The van der Waals surface area contributed by atoms with E-state index in [0.717, 1.165) is 12.5 Å². The van der Waals surface area contributed by atoms with Crippen molar-refractivity contribution in [3.05, 3.63) is 12.5 Å². The Morgan fingerprint density at radius 1 is 1.20 bits per heavy atom. The van der Waals surface area contributed by atoms with E-state index in [0.29, 0.717) is 0 Å². The molecule has 0 unspecified atom stereocenters. The van der Waals surface area contributed by atoms with Gasteiger partial charge in [-0.15, -0.1) is 13.2 Å². The van der Waals surface area contributed by atoms with Crippen molar-refractivity contribution >= 4 is 0 Å². The largest absolute Gasteiger partial charge is 0.528 e. The van der Waals surface area contributed by atoms with Crippen LogP contribution in [0.5, 0.6) is 0 Å². The van der Waals surface area contributed by atoms with Gasteiger partial charge in [0.25, 0.3) is 0 Å². The number of rotatable bonds is 1. The highest BCUT2D eigenvalue weighted by atomic mass is 19.4. The quantitative estimate of drug-likeness (QED) is 0.573. The molecule has 10 heavy (non-hydrogen) atoms. The predicted molar refractivity (Wildman–Crippen MR) is 22.2 cm³/mol. The normalized spacial score (nSPS) is 18.7. The molecule has 1 aliphatic heterocycles. The molecule has 6 heteroatoms. The number of hydrogen-bond donors (Lipinski definition) is 0. The number of halogens is 3. The molecule has 0 aliphatic carbocycles. The minimum absolute atomic E-state index is 0.969. The summed E-state index contributed by atoms with van der Waals surface area (Å²) in [6, 6.07) is 0. The summed E-state index contributed by atoms with van der Waals surface area (Å²) in [5.41, 5.74) is 0. The lowest BCUT2D eigenvalue weighted by Gasteiger charge is -2.11. The fourth-order valence-electron chi connectivity index (χ4n) is 0.389. The first kappa shape index (κ1) is 7.20. The summed E-state index contributed by atoms with van der Waals surface area (Å²) >= 11 is 0. The zero-order valence-corrected chi connectivity index (χ0v) is 4.59. The Bertz CT molecular complexity index is 133. The van der Waals surface area contributed by atoms with Gasteiger partial charge in [0.05, 0.1) is 0 Å². The number of ether oxygens (including phenoxy) is 3. The molecule has 0 aromatic rings.